The summed E-state index contributed by atoms with van der Waals surface area (Å²) in [6.07, 6.45) is 3.48. The summed E-state index contributed by atoms with van der Waals surface area (Å²) in [4.78, 5) is 3.44. The summed E-state index contributed by atoms with van der Waals surface area (Å²) in [5.74, 6) is 0.600. The fraction of sp³-hybridized carbons (Fsp3) is 0.733. The second-order valence-electron chi connectivity index (χ2n) is 6.49. The van der Waals surface area contributed by atoms with Crippen LogP contribution in [0.15, 0.2) is 17.2 Å². The molecule has 2 unspecified atom stereocenters. The zero-order valence-corrected chi connectivity index (χ0v) is 14.2. The molecule has 1 aliphatic heterocycles. The van der Waals surface area contributed by atoms with E-state index in [1.54, 1.807) is 16.6 Å². The summed E-state index contributed by atoms with van der Waals surface area (Å²) < 4.78 is 27.1. The van der Waals surface area contributed by atoms with Crippen molar-refractivity contribution in [2.24, 2.45) is 5.92 Å². The Morgan fingerprint density at radius 3 is 2.76 bits per heavy atom. The lowest BCUT2D eigenvalue weighted by Crippen LogP contribution is -2.43. The van der Waals surface area contributed by atoms with E-state index in [1.165, 1.54) is 0 Å². The molecule has 2 rings (SSSR count). The first-order valence-electron chi connectivity index (χ1n) is 7.73. The Kier molecular flexibility index (Phi) is 5.11. The highest BCUT2D eigenvalue weighted by Crippen LogP contribution is 2.28. The van der Waals surface area contributed by atoms with Crippen LogP contribution in [0.25, 0.3) is 0 Å². The standard InChI is InChI=1S/C15H27N3O2S/c1-11(2)16-9-14-8-15(10-17-14)21(19,20)18-6-5-12(3)7-13(18)4/h8,10-13,16-17H,5-7,9H2,1-4H3. The number of hydrogen-bond donors (Lipinski definition) is 2. The van der Waals surface area contributed by atoms with E-state index >= 15 is 0 Å². The summed E-state index contributed by atoms with van der Waals surface area (Å²) in [6, 6.07) is 2.19. The summed E-state index contributed by atoms with van der Waals surface area (Å²) in [5.41, 5.74) is 0.903. The monoisotopic (exact) mass is 313 g/mol. The van der Waals surface area contributed by atoms with Crippen molar-refractivity contribution in [3.8, 4) is 0 Å². The van der Waals surface area contributed by atoms with Gasteiger partial charge in [-0.15, -0.1) is 0 Å². The molecule has 2 heterocycles. The van der Waals surface area contributed by atoms with E-state index in [-0.39, 0.29) is 6.04 Å². The van der Waals surface area contributed by atoms with Gasteiger partial charge < -0.3 is 10.3 Å². The van der Waals surface area contributed by atoms with E-state index < -0.39 is 10.0 Å². The van der Waals surface area contributed by atoms with Crippen LogP contribution in [-0.2, 0) is 16.6 Å². The Hall–Kier alpha value is -0.850. The van der Waals surface area contributed by atoms with Crippen molar-refractivity contribution in [1.29, 1.82) is 0 Å². The van der Waals surface area contributed by atoms with Gasteiger partial charge in [-0.05, 0) is 31.7 Å². The molecule has 6 heteroatoms. The molecule has 1 fully saturated rings. The van der Waals surface area contributed by atoms with Gasteiger partial charge in [-0.2, -0.15) is 4.31 Å². The highest BCUT2D eigenvalue weighted by molar-refractivity contribution is 7.89. The first-order chi connectivity index (χ1) is 9.80. The Bertz CT molecular complexity index is 565. The Labute approximate surface area is 128 Å². The van der Waals surface area contributed by atoms with Crippen molar-refractivity contribution in [3.05, 3.63) is 18.0 Å². The Morgan fingerprint density at radius 1 is 1.43 bits per heavy atom. The first kappa shape index (κ1) is 16.5. The second-order valence-corrected chi connectivity index (χ2v) is 8.38. The number of nitrogens with zero attached hydrogens (tertiary/aromatic N) is 1. The molecule has 0 radical (unpaired) electrons. The molecular formula is C15H27N3O2S. The van der Waals surface area contributed by atoms with Gasteiger partial charge in [0.1, 0.15) is 0 Å². The molecule has 0 aliphatic carbocycles. The average Bonchev–Trinajstić information content (AvgIpc) is 2.85. The number of rotatable bonds is 5. The normalized spacial score (nSPS) is 24.6. The predicted molar refractivity (Wildman–Crippen MR) is 84.5 cm³/mol. The highest BCUT2D eigenvalue weighted by atomic mass is 32.2. The minimum Gasteiger partial charge on any atom is -0.363 e. The van der Waals surface area contributed by atoms with Crippen molar-refractivity contribution < 1.29 is 8.42 Å². The van der Waals surface area contributed by atoms with Crippen LogP contribution in [0.4, 0.5) is 0 Å². The van der Waals surface area contributed by atoms with E-state index in [2.05, 4.69) is 31.1 Å². The van der Waals surface area contributed by atoms with E-state index in [0.717, 1.165) is 18.5 Å². The third kappa shape index (κ3) is 3.87. The zero-order chi connectivity index (χ0) is 15.6. The van der Waals surface area contributed by atoms with Crippen molar-refractivity contribution in [3.63, 3.8) is 0 Å². The zero-order valence-electron chi connectivity index (χ0n) is 13.4. The minimum atomic E-state index is -3.38. The number of sulfonamides is 1. The third-order valence-corrected chi connectivity index (χ3v) is 6.09. The molecule has 0 saturated carbocycles. The number of piperidine rings is 1. The molecule has 2 N–H and O–H groups in total. The topological polar surface area (TPSA) is 65.2 Å². The molecule has 2 atom stereocenters. The van der Waals surface area contributed by atoms with Crippen LogP contribution in [0, 0.1) is 5.92 Å². The smallest absolute Gasteiger partial charge is 0.244 e. The summed E-state index contributed by atoms with van der Waals surface area (Å²) in [6.45, 7) is 9.59. The van der Waals surface area contributed by atoms with E-state index in [4.69, 9.17) is 0 Å². The minimum absolute atomic E-state index is 0.0749. The van der Waals surface area contributed by atoms with Crippen molar-refractivity contribution in [2.75, 3.05) is 6.54 Å². The maximum atomic E-state index is 12.7. The Morgan fingerprint density at radius 2 is 2.14 bits per heavy atom. The molecular weight excluding hydrogens is 286 g/mol. The fourth-order valence-electron chi connectivity index (χ4n) is 2.86. The van der Waals surface area contributed by atoms with Crippen LogP contribution >= 0.6 is 0 Å². The summed E-state index contributed by atoms with van der Waals surface area (Å²) >= 11 is 0. The molecule has 0 spiro atoms. The third-order valence-electron chi connectivity index (χ3n) is 4.10. The molecule has 1 aliphatic rings. The molecule has 21 heavy (non-hydrogen) atoms. The number of aromatic amines is 1. The van der Waals surface area contributed by atoms with Gasteiger partial charge >= 0.3 is 0 Å². The maximum absolute atomic E-state index is 12.7. The highest BCUT2D eigenvalue weighted by Gasteiger charge is 2.33. The number of hydrogen-bond acceptors (Lipinski definition) is 3. The number of H-pyrrole nitrogens is 1. The van der Waals surface area contributed by atoms with Gasteiger partial charge in [0.15, 0.2) is 0 Å². The molecule has 1 aromatic heterocycles. The van der Waals surface area contributed by atoms with Gasteiger partial charge in [0.25, 0.3) is 0 Å². The van der Waals surface area contributed by atoms with Crippen LogP contribution in [0.2, 0.25) is 0 Å². The van der Waals surface area contributed by atoms with E-state index in [0.29, 0.717) is 29.9 Å². The van der Waals surface area contributed by atoms with Gasteiger partial charge in [-0.1, -0.05) is 20.8 Å². The van der Waals surface area contributed by atoms with Crippen LogP contribution in [-0.4, -0.2) is 36.3 Å². The second kappa shape index (κ2) is 6.50. The van der Waals surface area contributed by atoms with Crippen molar-refractivity contribution >= 4 is 10.0 Å². The lowest BCUT2D eigenvalue weighted by atomic mass is 9.95. The van der Waals surface area contributed by atoms with E-state index in [1.807, 2.05) is 6.92 Å². The molecule has 0 amide bonds. The van der Waals surface area contributed by atoms with Crippen LogP contribution < -0.4 is 5.32 Å². The van der Waals surface area contributed by atoms with Gasteiger partial charge in [0.05, 0.1) is 4.90 Å². The number of nitrogens with one attached hydrogen (secondary N) is 2. The van der Waals surface area contributed by atoms with E-state index in [9.17, 15) is 8.42 Å². The van der Waals surface area contributed by atoms with Crippen molar-refractivity contribution in [1.82, 2.24) is 14.6 Å². The van der Waals surface area contributed by atoms with Crippen molar-refractivity contribution in [2.45, 2.75) is 64.1 Å². The molecule has 0 aromatic carbocycles. The quantitative estimate of drug-likeness (QED) is 0.877. The van der Waals surface area contributed by atoms with Gasteiger partial charge in [-0.25, -0.2) is 8.42 Å². The van der Waals surface area contributed by atoms with Crippen LogP contribution in [0.3, 0.4) is 0 Å². The lowest BCUT2D eigenvalue weighted by Gasteiger charge is -2.35. The van der Waals surface area contributed by atoms with Gasteiger partial charge in [0.2, 0.25) is 10.0 Å². The predicted octanol–water partition coefficient (Wildman–Crippen LogP) is 2.32. The SMILES string of the molecule is CC1CCN(S(=O)(=O)c2c[nH]c(CNC(C)C)c2)C(C)C1. The molecule has 1 aromatic rings. The lowest BCUT2D eigenvalue weighted by molar-refractivity contribution is 0.220. The van der Waals surface area contributed by atoms with Gasteiger partial charge in [-0.3, -0.25) is 0 Å². The summed E-state index contributed by atoms with van der Waals surface area (Å²) in [7, 11) is -3.38. The number of aromatic nitrogens is 1. The molecule has 120 valence electrons. The van der Waals surface area contributed by atoms with Crippen LogP contribution in [0.1, 0.15) is 46.2 Å². The summed E-state index contributed by atoms with van der Waals surface area (Å²) in [5, 5.41) is 3.28. The molecule has 1 saturated heterocycles. The van der Waals surface area contributed by atoms with Gasteiger partial charge in [0, 0.05) is 37.1 Å². The fourth-order valence-corrected chi connectivity index (χ4v) is 4.54. The Balaban J connectivity index is 2.12. The molecule has 5 nitrogen and oxygen atoms in total. The first-order valence-corrected chi connectivity index (χ1v) is 9.17. The molecule has 0 bridgehead atoms. The average molecular weight is 313 g/mol. The maximum Gasteiger partial charge on any atom is 0.244 e. The largest absolute Gasteiger partial charge is 0.363 e. The van der Waals surface area contributed by atoms with Crippen LogP contribution in [0.5, 0.6) is 0 Å².